The summed E-state index contributed by atoms with van der Waals surface area (Å²) in [5, 5.41) is 6.45. The van der Waals surface area contributed by atoms with Crippen LogP contribution in [0.2, 0.25) is 0 Å². The van der Waals surface area contributed by atoms with Crippen LogP contribution in [-0.4, -0.2) is 51.0 Å². The van der Waals surface area contributed by atoms with Crippen LogP contribution in [0.5, 0.6) is 11.5 Å². The SMILES string of the molecule is CCNC(=NCc1ccc(OCC(F)(F)F)c(OC)c1)NCCCCSC.I. The van der Waals surface area contributed by atoms with Crippen molar-refractivity contribution < 1.29 is 22.6 Å². The Labute approximate surface area is 186 Å². The number of alkyl halides is 3. The minimum atomic E-state index is -4.39. The summed E-state index contributed by atoms with van der Waals surface area (Å²) in [6.07, 6.45) is -0.0999. The highest BCUT2D eigenvalue weighted by Crippen LogP contribution is 2.30. The van der Waals surface area contributed by atoms with Crippen LogP contribution in [0.4, 0.5) is 13.2 Å². The Balaban J connectivity index is 0.00000729. The highest BCUT2D eigenvalue weighted by Gasteiger charge is 2.29. The van der Waals surface area contributed by atoms with Gasteiger partial charge < -0.3 is 20.1 Å². The molecule has 0 heterocycles. The van der Waals surface area contributed by atoms with E-state index in [0.29, 0.717) is 12.5 Å². The zero-order valence-corrected chi connectivity index (χ0v) is 19.5. The molecule has 162 valence electrons. The number of unbranched alkanes of at least 4 members (excludes halogenated alkanes) is 1. The fourth-order valence-electron chi connectivity index (χ4n) is 2.18. The third kappa shape index (κ3) is 11.7. The fourth-order valence-corrected chi connectivity index (χ4v) is 2.67. The smallest absolute Gasteiger partial charge is 0.422 e. The maximum atomic E-state index is 12.3. The van der Waals surface area contributed by atoms with E-state index in [1.54, 1.807) is 12.1 Å². The largest absolute Gasteiger partial charge is 0.493 e. The first-order valence-electron chi connectivity index (χ1n) is 8.77. The van der Waals surface area contributed by atoms with Crippen LogP contribution in [0.3, 0.4) is 0 Å². The molecule has 0 amide bonds. The average molecular weight is 535 g/mol. The lowest BCUT2D eigenvalue weighted by Crippen LogP contribution is -2.37. The first kappa shape index (κ1) is 27.0. The molecule has 0 bridgehead atoms. The van der Waals surface area contributed by atoms with Crippen molar-refractivity contribution in [3.05, 3.63) is 23.8 Å². The van der Waals surface area contributed by atoms with Crippen LogP contribution in [0.25, 0.3) is 0 Å². The van der Waals surface area contributed by atoms with Crippen molar-refractivity contribution in [3.63, 3.8) is 0 Å². The summed E-state index contributed by atoms with van der Waals surface area (Å²) in [4.78, 5) is 4.50. The molecule has 0 atom stereocenters. The normalized spacial score (nSPS) is 11.6. The summed E-state index contributed by atoms with van der Waals surface area (Å²) in [6, 6.07) is 4.79. The van der Waals surface area contributed by atoms with Crippen molar-refractivity contribution in [1.82, 2.24) is 10.6 Å². The molecule has 5 nitrogen and oxygen atoms in total. The molecule has 28 heavy (non-hydrogen) atoms. The van der Waals surface area contributed by atoms with Crippen molar-refractivity contribution in [2.24, 2.45) is 4.99 Å². The second-order valence-corrected chi connectivity index (χ2v) is 6.70. The quantitative estimate of drug-likeness (QED) is 0.190. The maximum absolute atomic E-state index is 12.3. The predicted molar refractivity (Wildman–Crippen MR) is 120 cm³/mol. The van der Waals surface area contributed by atoms with Crippen LogP contribution >= 0.6 is 35.7 Å². The second-order valence-electron chi connectivity index (χ2n) is 5.71. The molecule has 1 aromatic carbocycles. The van der Waals surface area contributed by atoms with Crippen LogP contribution in [-0.2, 0) is 6.54 Å². The molecule has 0 aliphatic heterocycles. The van der Waals surface area contributed by atoms with E-state index in [-0.39, 0.29) is 35.5 Å². The second kappa shape index (κ2) is 14.9. The average Bonchev–Trinajstić information content (AvgIpc) is 2.63. The molecule has 0 radical (unpaired) electrons. The minimum Gasteiger partial charge on any atom is -0.493 e. The number of thioether (sulfide) groups is 1. The first-order valence-corrected chi connectivity index (χ1v) is 10.2. The van der Waals surface area contributed by atoms with E-state index in [1.807, 2.05) is 18.7 Å². The van der Waals surface area contributed by atoms with Gasteiger partial charge in [0.25, 0.3) is 0 Å². The van der Waals surface area contributed by atoms with Crippen molar-refractivity contribution >= 4 is 41.7 Å². The number of aliphatic imine (C=N–C) groups is 1. The van der Waals surface area contributed by atoms with Crippen molar-refractivity contribution in [3.8, 4) is 11.5 Å². The van der Waals surface area contributed by atoms with E-state index in [9.17, 15) is 13.2 Å². The Morgan fingerprint density at radius 2 is 1.93 bits per heavy atom. The molecule has 1 aromatic rings. The number of hydrogen-bond donors (Lipinski definition) is 2. The molecule has 1 rings (SSSR count). The van der Waals surface area contributed by atoms with E-state index in [2.05, 4.69) is 21.9 Å². The van der Waals surface area contributed by atoms with E-state index < -0.39 is 12.8 Å². The van der Waals surface area contributed by atoms with E-state index in [0.717, 1.165) is 37.2 Å². The Morgan fingerprint density at radius 3 is 2.54 bits per heavy atom. The van der Waals surface area contributed by atoms with Crippen LogP contribution in [0.1, 0.15) is 25.3 Å². The molecule has 10 heteroatoms. The standard InChI is InChI=1S/C18H28F3N3O2S.HI/c1-4-22-17(23-9-5-6-10-27-3)24-12-14-7-8-15(16(11-14)25-2)26-13-18(19,20)21;/h7-8,11H,4-6,9-10,12-13H2,1-3H3,(H2,22,23,24);1H. The van der Waals surface area contributed by atoms with Gasteiger partial charge in [0.2, 0.25) is 0 Å². The number of ether oxygens (including phenoxy) is 2. The lowest BCUT2D eigenvalue weighted by Gasteiger charge is -2.14. The highest BCUT2D eigenvalue weighted by atomic mass is 127. The van der Waals surface area contributed by atoms with Gasteiger partial charge >= 0.3 is 6.18 Å². The van der Waals surface area contributed by atoms with Gasteiger partial charge in [0.05, 0.1) is 13.7 Å². The number of guanidine groups is 1. The molecule has 0 saturated heterocycles. The van der Waals surface area contributed by atoms with Gasteiger partial charge in [0.15, 0.2) is 24.1 Å². The summed E-state index contributed by atoms with van der Waals surface area (Å²) < 4.78 is 46.8. The van der Waals surface area contributed by atoms with Crippen molar-refractivity contribution in [2.75, 3.05) is 38.8 Å². The Morgan fingerprint density at radius 1 is 1.18 bits per heavy atom. The zero-order valence-electron chi connectivity index (χ0n) is 16.4. The number of hydrogen-bond acceptors (Lipinski definition) is 4. The lowest BCUT2D eigenvalue weighted by molar-refractivity contribution is -0.153. The molecule has 0 aliphatic carbocycles. The summed E-state index contributed by atoms with van der Waals surface area (Å²) >= 11 is 1.83. The molecule has 0 fully saturated rings. The highest BCUT2D eigenvalue weighted by molar-refractivity contribution is 14.0. The third-order valence-corrected chi connectivity index (χ3v) is 4.15. The van der Waals surface area contributed by atoms with E-state index in [1.165, 1.54) is 13.2 Å². The summed E-state index contributed by atoms with van der Waals surface area (Å²) in [6.45, 7) is 2.58. The van der Waals surface area contributed by atoms with Crippen molar-refractivity contribution in [1.29, 1.82) is 0 Å². The van der Waals surface area contributed by atoms with Gasteiger partial charge in [-0.1, -0.05) is 6.07 Å². The monoisotopic (exact) mass is 535 g/mol. The molecular weight excluding hydrogens is 506 g/mol. The number of rotatable bonds is 11. The molecule has 0 saturated carbocycles. The van der Waals surface area contributed by atoms with Crippen LogP contribution in [0.15, 0.2) is 23.2 Å². The number of benzene rings is 1. The third-order valence-electron chi connectivity index (χ3n) is 3.45. The summed E-state index contributed by atoms with van der Waals surface area (Å²) in [5.41, 5.74) is 0.811. The van der Waals surface area contributed by atoms with Crippen LogP contribution in [0, 0.1) is 0 Å². The van der Waals surface area contributed by atoms with Gasteiger partial charge in [-0.05, 0) is 49.5 Å². The molecule has 0 aliphatic rings. The maximum Gasteiger partial charge on any atom is 0.422 e. The lowest BCUT2D eigenvalue weighted by atomic mass is 10.2. The Kier molecular flexibility index (Phi) is 14.3. The van der Waals surface area contributed by atoms with Gasteiger partial charge in [-0.3, -0.25) is 0 Å². The van der Waals surface area contributed by atoms with Crippen molar-refractivity contribution in [2.45, 2.75) is 32.5 Å². The van der Waals surface area contributed by atoms with Gasteiger partial charge in [-0.25, -0.2) is 4.99 Å². The Hall–Kier alpha value is -1.04. The molecule has 0 unspecified atom stereocenters. The summed E-state index contributed by atoms with van der Waals surface area (Å²) in [7, 11) is 1.39. The van der Waals surface area contributed by atoms with E-state index in [4.69, 9.17) is 9.47 Å². The first-order chi connectivity index (χ1) is 12.9. The van der Waals surface area contributed by atoms with Crippen LogP contribution < -0.4 is 20.1 Å². The number of nitrogens with zero attached hydrogens (tertiary/aromatic N) is 1. The molecule has 0 aromatic heterocycles. The van der Waals surface area contributed by atoms with Gasteiger partial charge in [0, 0.05) is 13.1 Å². The predicted octanol–water partition coefficient (Wildman–Crippen LogP) is 4.45. The zero-order chi connectivity index (χ0) is 20.1. The Bertz CT molecular complexity index is 590. The molecule has 2 N–H and O–H groups in total. The van der Waals surface area contributed by atoms with Gasteiger partial charge in [-0.15, -0.1) is 24.0 Å². The summed E-state index contributed by atoms with van der Waals surface area (Å²) in [5.74, 6) is 2.15. The minimum absolute atomic E-state index is 0. The molecule has 0 spiro atoms. The number of methoxy groups -OCH3 is 1. The fraction of sp³-hybridized carbons (Fsp3) is 0.611. The number of nitrogens with one attached hydrogen (secondary N) is 2. The van der Waals surface area contributed by atoms with Gasteiger partial charge in [-0.2, -0.15) is 24.9 Å². The topological polar surface area (TPSA) is 54.9 Å². The van der Waals surface area contributed by atoms with E-state index >= 15 is 0 Å². The molecular formula is C18H29F3IN3O2S. The number of halogens is 4. The van der Waals surface area contributed by atoms with Gasteiger partial charge in [0.1, 0.15) is 0 Å².